The van der Waals surface area contributed by atoms with Crippen LogP contribution in [0.15, 0.2) is 40.9 Å². The minimum Gasteiger partial charge on any atom is -0.356 e. The quantitative estimate of drug-likeness (QED) is 0.469. The number of likely N-dealkylation sites (tertiary alicyclic amines) is 1. The van der Waals surface area contributed by atoms with Gasteiger partial charge in [-0.05, 0) is 93.3 Å². The molecule has 3 aliphatic carbocycles. The highest BCUT2D eigenvalue weighted by Crippen LogP contribution is 2.72. The summed E-state index contributed by atoms with van der Waals surface area (Å²) >= 11 is 3.43. The number of allylic oxidation sites excluding steroid dienone is 2. The maximum Gasteiger partial charge on any atom is 0.228 e. The summed E-state index contributed by atoms with van der Waals surface area (Å²) in [5.74, 6) is -0.0670. The van der Waals surface area contributed by atoms with Gasteiger partial charge in [0.25, 0.3) is 0 Å². The molecule has 6 heteroatoms. The molecule has 1 aliphatic heterocycles. The topological polar surface area (TPSA) is 61.4 Å². The maximum absolute atomic E-state index is 13.3. The van der Waals surface area contributed by atoms with Crippen LogP contribution >= 0.6 is 15.9 Å². The minimum absolute atomic E-state index is 0.0161. The minimum atomic E-state index is -0.273. The summed E-state index contributed by atoms with van der Waals surface area (Å²) in [5, 5.41) is 6.24. The summed E-state index contributed by atoms with van der Waals surface area (Å²) < 4.78 is 0.978. The van der Waals surface area contributed by atoms with Gasteiger partial charge in [0, 0.05) is 16.7 Å². The summed E-state index contributed by atoms with van der Waals surface area (Å²) in [6, 6.07) is 7.63. The molecule has 1 saturated heterocycles. The maximum atomic E-state index is 13.3. The highest BCUT2D eigenvalue weighted by Gasteiger charge is 2.69. The van der Waals surface area contributed by atoms with Gasteiger partial charge < -0.3 is 15.5 Å². The highest BCUT2D eigenvalue weighted by atomic mass is 79.9. The molecule has 1 aromatic carbocycles. The highest BCUT2D eigenvalue weighted by molar-refractivity contribution is 9.10. The third-order valence-electron chi connectivity index (χ3n) is 7.71. The molecule has 0 aromatic heterocycles. The van der Waals surface area contributed by atoms with Gasteiger partial charge in [0.2, 0.25) is 11.8 Å². The van der Waals surface area contributed by atoms with Crippen molar-refractivity contribution in [2.24, 2.45) is 29.1 Å². The van der Waals surface area contributed by atoms with Crippen molar-refractivity contribution >= 4 is 33.4 Å². The Labute approximate surface area is 186 Å². The number of halogens is 1. The predicted octanol–water partition coefficient (Wildman–Crippen LogP) is 3.82. The molecule has 4 aliphatic rings. The van der Waals surface area contributed by atoms with Gasteiger partial charge in [-0.2, -0.15) is 0 Å². The van der Waals surface area contributed by atoms with Crippen LogP contribution in [0.1, 0.15) is 32.1 Å². The first kappa shape index (κ1) is 20.3. The molecular formula is C24H30BrN3O2. The lowest BCUT2D eigenvalue weighted by atomic mass is 9.81. The van der Waals surface area contributed by atoms with E-state index in [1.807, 2.05) is 24.3 Å². The van der Waals surface area contributed by atoms with Crippen LogP contribution in [-0.2, 0) is 9.59 Å². The van der Waals surface area contributed by atoms with Gasteiger partial charge in [-0.15, -0.1) is 0 Å². The molecule has 5 nitrogen and oxygen atoms in total. The average molecular weight is 472 g/mol. The first-order chi connectivity index (χ1) is 14.6. The number of benzene rings is 1. The average Bonchev–Trinajstić information content (AvgIpc) is 3.10. The van der Waals surface area contributed by atoms with E-state index >= 15 is 0 Å². The SMILES string of the molecule is O=C(NCCCN1CCCC1)[C@H]1[C@H](C(=O)Nc2ccc(Br)cc2)[C@@H]2C=C[C@H]1C21CC1. The Morgan fingerprint density at radius 2 is 1.63 bits per heavy atom. The Bertz CT molecular complexity index is 843. The zero-order valence-electron chi connectivity index (χ0n) is 17.3. The number of hydrogen-bond donors (Lipinski definition) is 2. The standard InChI is InChI=1S/C24H30BrN3O2/c25-16-4-6-17(7-5-16)27-23(30)21-19-9-8-18(24(19)10-11-24)20(21)22(29)26-12-3-15-28-13-1-2-14-28/h4-9,18-21H,1-3,10-15H2,(H,26,29)(H,27,30)/t18-,19+,20-,21-/m1/s1. The van der Waals surface area contributed by atoms with Crippen LogP contribution in [0.4, 0.5) is 5.69 Å². The van der Waals surface area contributed by atoms with Gasteiger partial charge >= 0.3 is 0 Å². The molecule has 1 aromatic rings. The number of hydrogen-bond acceptors (Lipinski definition) is 3. The summed E-state index contributed by atoms with van der Waals surface area (Å²) in [4.78, 5) is 29.0. The summed E-state index contributed by atoms with van der Waals surface area (Å²) in [6.07, 6.45) is 10.3. The molecule has 2 N–H and O–H groups in total. The third-order valence-corrected chi connectivity index (χ3v) is 8.24. The van der Waals surface area contributed by atoms with E-state index in [2.05, 4.69) is 43.6 Å². The number of amides is 2. The molecule has 5 rings (SSSR count). The second kappa shape index (κ2) is 8.12. The van der Waals surface area contributed by atoms with E-state index in [-0.39, 0.29) is 40.9 Å². The number of nitrogens with zero attached hydrogens (tertiary/aromatic N) is 1. The van der Waals surface area contributed by atoms with Crippen molar-refractivity contribution in [1.82, 2.24) is 10.2 Å². The van der Waals surface area contributed by atoms with Gasteiger partial charge in [-0.3, -0.25) is 9.59 Å². The van der Waals surface area contributed by atoms with Crippen LogP contribution in [0, 0.1) is 29.1 Å². The largest absolute Gasteiger partial charge is 0.356 e. The van der Waals surface area contributed by atoms with Crippen LogP contribution in [0.5, 0.6) is 0 Å². The van der Waals surface area contributed by atoms with Crippen LogP contribution in [0.2, 0.25) is 0 Å². The van der Waals surface area contributed by atoms with E-state index in [0.717, 1.165) is 36.0 Å². The van der Waals surface area contributed by atoms with Crippen molar-refractivity contribution in [3.05, 3.63) is 40.9 Å². The van der Waals surface area contributed by atoms with E-state index in [4.69, 9.17) is 0 Å². The number of rotatable bonds is 7. The van der Waals surface area contributed by atoms with Crippen molar-refractivity contribution in [1.29, 1.82) is 0 Å². The van der Waals surface area contributed by atoms with E-state index in [1.165, 1.54) is 25.9 Å². The lowest BCUT2D eigenvalue weighted by molar-refractivity contribution is -0.132. The Kier molecular flexibility index (Phi) is 5.48. The van der Waals surface area contributed by atoms with Crippen molar-refractivity contribution < 1.29 is 9.59 Å². The lowest BCUT2D eigenvalue weighted by Crippen LogP contribution is -2.42. The van der Waals surface area contributed by atoms with E-state index in [0.29, 0.717) is 6.54 Å². The van der Waals surface area contributed by atoms with Gasteiger partial charge in [0.1, 0.15) is 0 Å². The molecule has 1 heterocycles. The first-order valence-corrected chi connectivity index (χ1v) is 12.1. The van der Waals surface area contributed by atoms with Gasteiger partial charge in [-0.25, -0.2) is 0 Å². The van der Waals surface area contributed by atoms with Crippen LogP contribution < -0.4 is 10.6 Å². The lowest BCUT2D eigenvalue weighted by Gasteiger charge is -2.26. The Morgan fingerprint density at radius 1 is 1.00 bits per heavy atom. The van der Waals surface area contributed by atoms with Gasteiger partial charge in [0.15, 0.2) is 0 Å². The molecule has 4 atom stereocenters. The first-order valence-electron chi connectivity index (χ1n) is 11.3. The molecule has 0 unspecified atom stereocenters. The van der Waals surface area contributed by atoms with Gasteiger partial charge in [0.05, 0.1) is 11.8 Å². The van der Waals surface area contributed by atoms with E-state index < -0.39 is 0 Å². The summed E-state index contributed by atoms with van der Waals surface area (Å²) in [7, 11) is 0. The van der Waals surface area contributed by atoms with Crippen molar-refractivity contribution in [3.8, 4) is 0 Å². The second-order valence-corrected chi connectivity index (χ2v) is 10.3. The molecule has 2 amide bonds. The fraction of sp³-hybridized carbons (Fsp3) is 0.583. The second-order valence-electron chi connectivity index (χ2n) is 9.41. The molecule has 2 bridgehead atoms. The molecule has 1 spiro atoms. The monoisotopic (exact) mass is 471 g/mol. The number of nitrogens with one attached hydrogen (secondary N) is 2. The Hall–Kier alpha value is -1.66. The van der Waals surface area contributed by atoms with Crippen molar-refractivity contribution in [2.45, 2.75) is 32.1 Å². The normalized spacial score (nSPS) is 30.7. The van der Waals surface area contributed by atoms with Crippen LogP contribution in [-0.4, -0.2) is 42.9 Å². The number of carbonyl (C=O) groups is 2. The predicted molar refractivity (Wildman–Crippen MR) is 121 cm³/mol. The molecule has 2 saturated carbocycles. The van der Waals surface area contributed by atoms with E-state index in [9.17, 15) is 9.59 Å². The number of anilines is 1. The molecular weight excluding hydrogens is 442 g/mol. The van der Waals surface area contributed by atoms with E-state index in [1.54, 1.807) is 0 Å². The number of carbonyl (C=O) groups excluding carboxylic acids is 2. The summed E-state index contributed by atoms with van der Waals surface area (Å²) in [5.41, 5.74) is 0.948. The Balaban J connectivity index is 1.24. The zero-order valence-corrected chi connectivity index (χ0v) is 18.9. The fourth-order valence-electron chi connectivity index (χ4n) is 6.11. The van der Waals surface area contributed by atoms with Crippen molar-refractivity contribution in [3.63, 3.8) is 0 Å². The molecule has 30 heavy (non-hydrogen) atoms. The smallest absolute Gasteiger partial charge is 0.228 e. The zero-order chi connectivity index (χ0) is 20.7. The molecule has 0 radical (unpaired) electrons. The molecule has 3 fully saturated rings. The molecule has 160 valence electrons. The summed E-state index contributed by atoms with van der Waals surface area (Å²) in [6.45, 7) is 4.12. The third kappa shape index (κ3) is 3.62. The van der Waals surface area contributed by atoms with Crippen LogP contribution in [0.3, 0.4) is 0 Å². The fourth-order valence-corrected chi connectivity index (χ4v) is 6.37. The van der Waals surface area contributed by atoms with Crippen molar-refractivity contribution in [2.75, 3.05) is 31.5 Å². The van der Waals surface area contributed by atoms with Gasteiger partial charge in [-0.1, -0.05) is 28.1 Å². The van der Waals surface area contributed by atoms with Crippen LogP contribution in [0.25, 0.3) is 0 Å². The Morgan fingerprint density at radius 3 is 2.27 bits per heavy atom.